The number of hydrogen-bond acceptors (Lipinski definition) is 3. The summed E-state index contributed by atoms with van der Waals surface area (Å²) in [5.74, 6) is -2.45. The first-order valence-electron chi connectivity index (χ1n) is 11.5. The summed E-state index contributed by atoms with van der Waals surface area (Å²) in [4.78, 5) is 40.4. The summed E-state index contributed by atoms with van der Waals surface area (Å²) >= 11 is 0. The number of rotatable bonds is 7. The lowest BCUT2D eigenvalue weighted by molar-refractivity contribution is -0.154. The highest BCUT2D eigenvalue weighted by molar-refractivity contribution is 5.98. The van der Waals surface area contributed by atoms with Crippen LogP contribution in [0, 0.1) is 17.7 Å². The van der Waals surface area contributed by atoms with E-state index >= 15 is 0 Å². The Balaban J connectivity index is 1.68. The fourth-order valence-corrected chi connectivity index (χ4v) is 5.35. The zero-order chi connectivity index (χ0) is 23.7. The SMILES string of the molecule is CCC(CC)[C@@H]1C(=O)N[C@H](C2Cc3ccccc3C2)C(=O)N1Cc1ccc(F)cc1C(=O)O. The maximum atomic E-state index is 13.8. The molecule has 0 radical (unpaired) electrons. The molecule has 33 heavy (non-hydrogen) atoms. The van der Waals surface area contributed by atoms with Crippen LogP contribution in [0.1, 0.15) is 53.7 Å². The molecule has 2 aromatic carbocycles. The Morgan fingerprint density at radius 1 is 1.12 bits per heavy atom. The smallest absolute Gasteiger partial charge is 0.336 e. The summed E-state index contributed by atoms with van der Waals surface area (Å²) in [7, 11) is 0. The maximum Gasteiger partial charge on any atom is 0.336 e. The molecule has 6 nitrogen and oxygen atoms in total. The number of amides is 2. The lowest BCUT2D eigenvalue weighted by atomic mass is 9.85. The molecule has 4 rings (SSSR count). The number of aromatic carboxylic acids is 1. The van der Waals surface area contributed by atoms with Crippen LogP contribution in [0.4, 0.5) is 4.39 Å². The highest BCUT2D eigenvalue weighted by atomic mass is 19.1. The van der Waals surface area contributed by atoms with Gasteiger partial charge in [0.1, 0.15) is 17.9 Å². The fourth-order valence-electron chi connectivity index (χ4n) is 5.35. The van der Waals surface area contributed by atoms with E-state index in [0.717, 1.165) is 6.07 Å². The molecule has 2 aromatic rings. The van der Waals surface area contributed by atoms with Crippen LogP contribution in [0.5, 0.6) is 0 Å². The van der Waals surface area contributed by atoms with E-state index in [2.05, 4.69) is 5.32 Å². The highest BCUT2D eigenvalue weighted by Crippen LogP contribution is 2.33. The van der Waals surface area contributed by atoms with E-state index in [1.807, 2.05) is 38.1 Å². The standard InChI is InChI=1S/C26H29FN2O4/c1-3-15(4-2)23-24(30)28-22(19-11-16-7-5-6-8-17(16)12-19)25(31)29(23)14-18-9-10-20(27)13-21(18)26(32)33/h5-10,13,15,19,22-23H,3-4,11-12,14H2,1-2H3,(H,28,30)(H,32,33)/t22-,23-/m1/s1. The van der Waals surface area contributed by atoms with Gasteiger partial charge >= 0.3 is 5.97 Å². The summed E-state index contributed by atoms with van der Waals surface area (Å²) in [6, 6.07) is 10.2. The number of carboxylic acid groups (broad SMARTS) is 1. The number of nitrogens with one attached hydrogen (secondary N) is 1. The first-order valence-corrected chi connectivity index (χ1v) is 11.5. The topological polar surface area (TPSA) is 86.7 Å². The summed E-state index contributed by atoms with van der Waals surface area (Å²) in [5.41, 5.74) is 2.49. The van der Waals surface area contributed by atoms with E-state index in [-0.39, 0.29) is 35.8 Å². The minimum atomic E-state index is -1.26. The van der Waals surface area contributed by atoms with Gasteiger partial charge in [0.15, 0.2) is 0 Å². The van der Waals surface area contributed by atoms with Crippen LogP contribution in [-0.4, -0.2) is 39.9 Å². The van der Waals surface area contributed by atoms with Crippen LogP contribution < -0.4 is 5.32 Å². The molecule has 0 bridgehead atoms. The lowest BCUT2D eigenvalue weighted by Crippen LogP contribution is -2.66. The van der Waals surface area contributed by atoms with Crippen molar-refractivity contribution in [2.24, 2.45) is 11.8 Å². The molecule has 0 saturated carbocycles. The molecule has 0 aromatic heterocycles. The Labute approximate surface area is 192 Å². The number of halogens is 1. The van der Waals surface area contributed by atoms with Gasteiger partial charge < -0.3 is 15.3 Å². The molecule has 174 valence electrons. The van der Waals surface area contributed by atoms with Crippen molar-refractivity contribution in [1.82, 2.24) is 10.2 Å². The van der Waals surface area contributed by atoms with Crippen molar-refractivity contribution >= 4 is 17.8 Å². The van der Waals surface area contributed by atoms with E-state index < -0.39 is 23.9 Å². The molecule has 2 atom stereocenters. The molecular weight excluding hydrogens is 423 g/mol. The third kappa shape index (κ3) is 4.36. The van der Waals surface area contributed by atoms with Crippen molar-refractivity contribution in [2.75, 3.05) is 0 Å². The Kier molecular flexibility index (Phi) is 6.49. The van der Waals surface area contributed by atoms with Gasteiger partial charge in [-0.25, -0.2) is 9.18 Å². The van der Waals surface area contributed by atoms with Crippen molar-refractivity contribution < 1.29 is 23.9 Å². The van der Waals surface area contributed by atoms with Crippen LogP contribution in [0.25, 0.3) is 0 Å². The van der Waals surface area contributed by atoms with Gasteiger partial charge in [-0.15, -0.1) is 0 Å². The lowest BCUT2D eigenvalue weighted by Gasteiger charge is -2.43. The number of carboxylic acids is 1. The Morgan fingerprint density at radius 3 is 2.33 bits per heavy atom. The summed E-state index contributed by atoms with van der Waals surface area (Å²) in [6.45, 7) is 3.90. The number of nitrogens with zero attached hydrogens (tertiary/aromatic N) is 1. The van der Waals surface area contributed by atoms with Gasteiger partial charge in [0.25, 0.3) is 0 Å². The van der Waals surface area contributed by atoms with E-state index in [1.165, 1.54) is 28.2 Å². The third-order valence-corrected chi connectivity index (χ3v) is 7.14. The van der Waals surface area contributed by atoms with Gasteiger partial charge in [-0.05, 0) is 53.5 Å². The minimum Gasteiger partial charge on any atom is -0.478 e. The molecule has 0 unspecified atom stereocenters. The summed E-state index contributed by atoms with van der Waals surface area (Å²) in [5, 5.41) is 12.6. The van der Waals surface area contributed by atoms with Gasteiger partial charge in [-0.1, -0.05) is 57.0 Å². The van der Waals surface area contributed by atoms with Crippen LogP contribution in [-0.2, 0) is 29.0 Å². The predicted molar refractivity (Wildman–Crippen MR) is 121 cm³/mol. The van der Waals surface area contributed by atoms with Crippen molar-refractivity contribution in [2.45, 2.75) is 58.2 Å². The number of hydrogen-bond donors (Lipinski definition) is 2. The van der Waals surface area contributed by atoms with Crippen LogP contribution in [0.2, 0.25) is 0 Å². The molecule has 2 N–H and O–H groups in total. The van der Waals surface area contributed by atoms with E-state index in [9.17, 15) is 23.9 Å². The van der Waals surface area contributed by atoms with Crippen molar-refractivity contribution in [3.05, 3.63) is 70.5 Å². The third-order valence-electron chi connectivity index (χ3n) is 7.14. The van der Waals surface area contributed by atoms with Gasteiger partial charge in [-0.3, -0.25) is 9.59 Å². The van der Waals surface area contributed by atoms with E-state index in [4.69, 9.17) is 0 Å². The number of benzene rings is 2. The zero-order valence-corrected chi connectivity index (χ0v) is 18.9. The summed E-state index contributed by atoms with van der Waals surface area (Å²) < 4.78 is 13.7. The molecule has 0 spiro atoms. The van der Waals surface area contributed by atoms with E-state index in [0.29, 0.717) is 31.2 Å². The Morgan fingerprint density at radius 2 is 1.76 bits per heavy atom. The summed E-state index contributed by atoms with van der Waals surface area (Å²) in [6.07, 6.45) is 2.81. The molecule has 2 aliphatic rings. The quantitative estimate of drug-likeness (QED) is 0.673. The first kappa shape index (κ1) is 23.0. The molecule has 1 heterocycles. The van der Waals surface area contributed by atoms with Crippen molar-refractivity contribution in [3.63, 3.8) is 0 Å². The number of piperazine rings is 1. The normalized spacial score (nSPS) is 20.8. The maximum absolute atomic E-state index is 13.8. The van der Waals surface area contributed by atoms with Crippen LogP contribution >= 0.6 is 0 Å². The fraction of sp³-hybridized carbons (Fsp3) is 0.423. The second-order valence-electron chi connectivity index (χ2n) is 9.02. The van der Waals surface area contributed by atoms with Crippen LogP contribution in [0.3, 0.4) is 0 Å². The average Bonchev–Trinajstić information content (AvgIpc) is 3.23. The van der Waals surface area contributed by atoms with Crippen molar-refractivity contribution in [3.8, 4) is 0 Å². The molecular formula is C26H29FN2O4. The Bertz CT molecular complexity index is 1060. The number of fused-ring (bicyclic) bond motifs is 1. The number of carbonyl (C=O) groups excluding carboxylic acids is 2. The molecule has 1 saturated heterocycles. The minimum absolute atomic E-state index is 0.0501. The van der Waals surface area contributed by atoms with E-state index in [1.54, 1.807) is 0 Å². The van der Waals surface area contributed by atoms with Gasteiger partial charge in [0.2, 0.25) is 11.8 Å². The van der Waals surface area contributed by atoms with Crippen molar-refractivity contribution in [1.29, 1.82) is 0 Å². The van der Waals surface area contributed by atoms with Crippen LogP contribution in [0.15, 0.2) is 42.5 Å². The Hall–Kier alpha value is -3.22. The molecule has 1 aliphatic carbocycles. The largest absolute Gasteiger partial charge is 0.478 e. The highest BCUT2D eigenvalue weighted by Gasteiger charge is 2.47. The van der Waals surface area contributed by atoms with Gasteiger partial charge in [0.05, 0.1) is 5.56 Å². The average molecular weight is 453 g/mol. The zero-order valence-electron chi connectivity index (χ0n) is 18.9. The number of carbonyl (C=O) groups is 3. The monoisotopic (exact) mass is 452 g/mol. The molecule has 2 amide bonds. The second kappa shape index (κ2) is 9.33. The van der Waals surface area contributed by atoms with Gasteiger partial charge in [0, 0.05) is 6.54 Å². The molecule has 1 aliphatic heterocycles. The molecule has 7 heteroatoms. The molecule has 1 fully saturated rings. The van der Waals surface area contributed by atoms with Gasteiger partial charge in [-0.2, -0.15) is 0 Å². The second-order valence-corrected chi connectivity index (χ2v) is 9.02. The first-order chi connectivity index (χ1) is 15.8. The predicted octanol–water partition coefficient (Wildman–Crippen LogP) is 3.57.